The van der Waals surface area contributed by atoms with Crippen LogP contribution in [0, 0.1) is 10.1 Å². The number of nitro groups is 1. The lowest BCUT2D eigenvalue weighted by Gasteiger charge is -2.26. The highest BCUT2D eigenvalue weighted by molar-refractivity contribution is 7.89. The predicted octanol–water partition coefficient (Wildman–Crippen LogP) is 1.86. The van der Waals surface area contributed by atoms with Gasteiger partial charge in [-0.05, 0) is 31.9 Å². The van der Waals surface area contributed by atoms with E-state index in [1.54, 1.807) is 6.92 Å². The van der Waals surface area contributed by atoms with E-state index in [2.05, 4.69) is 10.0 Å². The maximum atomic E-state index is 12.2. The highest BCUT2D eigenvalue weighted by atomic mass is 32.2. The Morgan fingerprint density at radius 3 is 2.60 bits per heavy atom. The van der Waals surface area contributed by atoms with Gasteiger partial charge in [0.2, 0.25) is 10.0 Å². The zero-order valence-corrected chi connectivity index (χ0v) is 11.9. The molecule has 8 heteroatoms. The maximum absolute atomic E-state index is 12.2. The van der Waals surface area contributed by atoms with E-state index in [0.29, 0.717) is 6.54 Å². The second kappa shape index (κ2) is 5.76. The van der Waals surface area contributed by atoms with E-state index in [0.717, 1.165) is 19.3 Å². The van der Waals surface area contributed by atoms with Crippen molar-refractivity contribution >= 4 is 21.4 Å². The number of rotatable bonds is 6. The molecular formula is C12H17N3O4S. The Morgan fingerprint density at radius 1 is 1.40 bits per heavy atom. The number of nitro benzene ring substituents is 1. The van der Waals surface area contributed by atoms with Crippen molar-refractivity contribution in [2.75, 3.05) is 11.9 Å². The van der Waals surface area contributed by atoms with Gasteiger partial charge >= 0.3 is 0 Å². The third kappa shape index (κ3) is 3.07. The van der Waals surface area contributed by atoms with Gasteiger partial charge in [-0.25, -0.2) is 13.1 Å². The molecule has 1 aromatic carbocycles. The molecule has 1 aliphatic rings. The van der Waals surface area contributed by atoms with Gasteiger partial charge in [0.25, 0.3) is 5.69 Å². The molecule has 0 radical (unpaired) electrons. The third-order valence-corrected chi connectivity index (χ3v) is 4.79. The first-order valence-corrected chi connectivity index (χ1v) is 7.97. The molecule has 1 fully saturated rings. The molecule has 0 aromatic heterocycles. The second-order valence-electron chi connectivity index (χ2n) is 4.72. The monoisotopic (exact) mass is 299 g/mol. The SMILES string of the molecule is CCNc1cc(S(=O)(=O)NC2CCC2)ccc1[N+](=O)[O-]. The molecule has 110 valence electrons. The fraction of sp³-hybridized carbons (Fsp3) is 0.500. The summed E-state index contributed by atoms with van der Waals surface area (Å²) in [7, 11) is -3.62. The van der Waals surface area contributed by atoms with Crippen LogP contribution in [0.5, 0.6) is 0 Å². The van der Waals surface area contributed by atoms with Crippen molar-refractivity contribution in [3.8, 4) is 0 Å². The van der Waals surface area contributed by atoms with Crippen LogP contribution < -0.4 is 10.0 Å². The Labute approximate surface area is 117 Å². The highest BCUT2D eigenvalue weighted by Crippen LogP contribution is 2.28. The lowest BCUT2D eigenvalue weighted by atomic mass is 9.94. The number of nitrogens with one attached hydrogen (secondary N) is 2. The minimum atomic E-state index is -3.62. The number of hydrogen-bond donors (Lipinski definition) is 2. The first kappa shape index (κ1) is 14.7. The molecule has 2 rings (SSSR count). The molecule has 1 saturated carbocycles. The zero-order valence-electron chi connectivity index (χ0n) is 11.1. The van der Waals surface area contributed by atoms with E-state index < -0.39 is 14.9 Å². The van der Waals surface area contributed by atoms with Crippen molar-refractivity contribution in [3.63, 3.8) is 0 Å². The van der Waals surface area contributed by atoms with Crippen LogP contribution in [0.15, 0.2) is 23.1 Å². The number of sulfonamides is 1. The van der Waals surface area contributed by atoms with Crippen LogP contribution in [0.4, 0.5) is 11.4 Å². The predicted molar refractivity (Wildman–Crippen MR) is 75.2 cm³/mol. The average molecular weight is 299 g/mol. The van der Waals surface area contributed by atoms with Gasteiger partial charge in [-0.3, -0.25) is 10.1 Å². The molecule has 0 bridgehead atoms. The number of nitrogens with zero attached hydrogens (tertiary/aromatic N) is 1. The molecular weight excluding hydrogens is 282 g/mol. The lowest BCUT2D eigenvalue weighted by molar-refractivity contribution is -0.384. The van der Waals surface area contributed by atoms with E-state index in [9.17, 15) is 18.5 Å². The molecule has 0 unspecified atom stereocenters. The summed E-state index contributed by atoms with van der Waals surface area (Å²) in [6.45, 7) is 2.26. The molecule has 1 aliphatic carbocycles. The van der Waals surface area contributed by atoms with Gasteiger partial charge in [0, 0.05) is 18.7 Å². The minimum Gasteiger partial charge on any atom is -0.380 e. The number of benzene rings is 1. The van der Waals surface area contributed by atoms with E-state index in [1.807, 2.05) is 0 Å². The molecule has 0 atom stereocenters. The average Bonchev–Trinajstić information content (AvgIpc) is 2.34. The van der Waals surface area contributed by atoms with E-state index in [4.69, 9.17) is 0 Å². The molecule has 7 nitrogen and oxygen atoms in total. The summed E-state index contributed by atoms with van der Waals surface area (Å²) < 4.78 is 26.9. The summed E-state index contributed by atoms with van der Waals surface area (Å²) in [6, 6.07) is 3.77. The maximum Gasteiger partial charge on any atom is 0.292 e. The number of anilines is 1. The highest BCUT2D eigenvalue weighted by Gasteiger charge is 2.26. The van der Waals surface area contributed by atoms with Crippen molar-refractivity contribution in [1.82, 2.24) is 4.72 Å². The van der Waals surface area contributed by atoms with Crippen LogP contribution in [-0.2, 0) is 10.0 Å². The van der Waals surface area contributed by atoms with E-state index in [1.165, 1.54) is 18.2 Å². The molecule has 0 spiro atoms. The minimum absolute atomic E-state index is 0.0159. The van der Waals surface area contributed by atoms with Crippen LogP contribution >= 0.6 is 0 Å². The number of hydrogen-bond acceptors (Lipinski definition) is 5. The zero-order chi connectivity index (χ0) is 14.8. The van der Waals surface area contributed by atoms with E-state index in [-0.39, 0.29) is 22.3 Å². The summed E-state index contributed by atoms with van der Waals surface area (Å²) in [5.41, 5.74) is 0.0865. The normalized spacial score (nSPS) is 15.7. The van der Waals surface area contributed by atoms with E-state index >= 15 is 0 Å². The molecule has 0 amide bonds. The largest absolute Gasteiger partial charge is 0.380 e. The summed E-state index contributed by atoms with van der Waals surface area (Å²) in [5.74, 6) is 0. The molecule has 2 N–H and O–H groups in total. The van der Waals surface area contributed by atoms with Crippen molar-refractivity contribution in [2.24, 2.45) is 0 Å². The molecule has 1 aromatic rings. The Morgan fingerprint density at radius 2 is 2.10 bits per heavy atom. The van der Waals surface area contributed by atoms with Crippen LogP contribution in [0.25, 0.3) is 0 Å². The van der Waals surface area contributed by atoms with Crippen molar-refractivity contribution in [1.29, 1.82) is 0 Å². The Bertz CT molecular complexity index is 611. The Kier molecular flexibility index (Phi) is 4.24. The van der Waals surface area contributed by atoms with Crippen LogP contribution in [0.3, 0.4) is 0 Å². The third-order valence-electron chi connectivity index (χ3n) is 3.27. The quantitative estimate of drug-likeness (QED) is 0.616. The summed E-state index contributed by atoms with van der Waals surface area (Å²) in [6.07, 6.45) is 2.70. The van der Waals surface area contributed by atoms with Crippen molar-refractivity contribution in [3.05, 3.63) is 28.3 Å². The molecule has 0 saturated heterocycles. The van der Waals surface area contributed by atoms with Gasteiger partial charge in [-0.2, -0.15) is 0 Å². The van der Waals surface area contributed by atoms with Gasteiger partial charge < -0.3 is 5.32 Å². The molecule has 0 heterocycles. The summed E-state index contributed by atoms with van der Waals surface area (Å²) >= 11 is 0. The van der Waals surface area contributed by atoms with Gasteiger partial charge in [0.1, 0.15) is 5.69 Å². The summed E-state index contributed by atoms with van der Waals surface area (Å²) in [5, 5.41) is 13.7. The van der Waals surface area contributed by atoms with Crippen LogP contribution in [0.2, 0.25) is 0 Å². The first-order chi connectivity index (χ1) is 9.44. The Balaban J connectivity index is 2.31. The smallest absolute Gasteiger partial charge is 0.292 e. The lowest BCUT2D eigenvalue weighted by Crippen LogP contribution is -2.39. The standard InChI is InChI=1S/C12H17N3O4S/c1-2-13-11-8-10(6-7-12(11)15(16)17)20(18,19)14-9-4-3-5-9/h6-9,13-14H,2-5H2,1H3. The van der Waals surface area contributed by atoms with Crippen molar-refractivity contribution < 1.29 is 13.3 Å². The fourth-order valence-electron chi connectivity index (χ4n) is 1.99. The van der Waals surface area contributed by atoms with Crippen LogP contribution in [0.1, 0.15) is 26.2 Å². The molecule has 0 aliphatic heterocycles. The Hall–Kier alpha value is -1.67. The van der Waals surface area contributed by atoms with Gasteiger partial charge in [-0.1, -0.05) is 6.42 Å². The van der Waals surface area contributed by atoms with Gasteiger partial charge in [-0.15, -0.1) is 0 Å². The topological polar surface area (TPSA) is 101 Å². The van der Waals surface area contributed by atoms with Crippen LogP contribution in [-0.4, -0.2) is 25.9 Å². The first-order valence-electron chi connectivity index (χ1n) is 6.48. The second-order valence-corrected chi connectivity index (χ2v) is 6.43. The molecule has 20 heavy (non-hydrogen) atoms. The fourth-order valence-corrected chi connectivity index (χ4v) is 3.32. The van der Waals surface area contributed by atoms with Gasteiger partial charge in [0.15, 0.2) is 0 Å². The summed E-state index contributed by atoms with van der Waals surface area (Å²) in [4.78, 5) is 10.4. The van der Waals surface area contributed by atoms with Gasteiger partial charge in [0.05, 0.1) is 9.82 Å². The van der Waals surface area contributed by atoms with Crippen molar-refractivity contribution in [2.45, 2.75) is 37.1 Å².